The molecular formula is C17H14FNO. The normalized spacial score (nSPS) is 17.3. The smallest absolute Gasteiger partial charge is 0.182 e. The van der Waals surface area contributed by atoms with Crippen molar-refractivity contribution >= 4 is 5.78 Å². The van der Waals surface area contributed by atoms with Crippen molar-refractivity contribution in [2.75, 3.05) is 0 Å². The summed E-state index contributed by atoms with van der Waals surface area (Å²) in [5, 5.41) is 0. The molecule has 0 spiro atoms. The fourth-order valence-electron chi connectivity index (χ4n) is 2.40. The van der Waals surface area contributed by atoms with Crippen molar-refractivity contribution < 1.29 is 9.18 Å². The standard InChI is InChI=1S/C17H14FNO/c1-12-7-8-19-11-14(10-16(19)17(12)20)6-5-13-3-2-4-15(18)9-13/h2-4,9-12H,7-8H2,1H3. The highest BCUT2D eigenvalue weighted by Crippen LogP contribution is 2.22. The van der Waals surface area contributed by atoms with Crippen LogP contribution in [0.25, 0.3) is 0 Å². The van der Waals surface area contributed by atoms with Gasteiger partial charge in [0.2, 0.25) is 0 Å². The first-order valence-corrected chi connectivity index (χ1v) is 6.65. The number of hydrogen-bond acceptors (Lipinski definition) is 1. The third kappa shape index (κ3) is 2.37. The summed E-state index contributed by atoms with van der Waals surface area (Å²) >= 11 is 0. The van der Waals surface area contributed by atoms with Crippen molar-refractivity contribution in [3.05, 3.63) is 59.2 Å². The third-order valence-electron chi connectivity index (χ3n) is 3.58. The van der Waals surface area contributed by atoms with E-state index in [1.54, 1.807) is 12.1 Å². The van der Waals surface area contributed by atoms with Crippen LogP contribution in [-0.4, -0.2) is 10.4 Å². The van der Waals surface area contributed by atoms with E-state index < -0.39 is 0 Å². The van der Waals surface area contributed by atoms with Gasteiger partial charge in [-0.2, -0.15) is 0 Å². The van der Waals surface area contributed by atoms with Gasteiger partial charge in [0.15, 0.2) is 5.78 Å². The van der Waals surface area contributed by atoms with E-state index in [2.05, 4.69) is 11.8 Å². The fourth-order valence-corrected chi connectivity index (χ4v) is 2.40. The molecule has 3 rings (SSSR count). The Bertz CT molecular complexity index is 733. The van der Waals surface area contributed by atoms with Crippen molar-refractivity contribution in [3.8, 4) is 11.8 Å². The Morgan fingerprint density at radius 2 is 2.05 bits per heavy atom. The second kappa shape index (κ2) is 4.97. The zero-order valence-corrected chi connectivity index (χ0v) is 11.2. The van der Waals surface area contributed by atoms with Gasteiger partial charge < -0.3 is 4.57 Å². The zero-order chi connectivity index (χ0) is 14.1. The van der Waals surface area contributed by atoms with E-state index in [0.29, 0.717) is 5.56 Å². The van der Waals surface area contributed by atoms with Crippen LogP contribution in [0.3, 0.4) is 0 Å². The van der Waals surface area contributed by atoms with Gasteiger partial charge in [0.05, 0.1) is 5.69 Å². The van der Waals surface area contributed by atoms with Gasteiger partial charge in [0.25, 0.3) is 0 Å². The molecule has 0 saturated carbocycles. The molecule has 2 heterocycles. The number of carbonyl (C=O) groups excluding carboxylic acids is 1. The van der Waals surface area contributed by atoms with E-state index in [-0.39, 0.29) is 17.5 Å². The molecule has 0 bridgehead atoms. The molecule has 20 heavy (non-hydrogen) atoms. The lowest BCUT2D eigenvalue weighted by atomic mass is 9.97. The van der Waals surface area contributed by atoms with Gasteiger partial charge in [-0.05, 0) is 30.7 Å². The number of fused-ring (bicyclic) bond motifs is 1. The molecule has 0 N–H and O–H groups in total. The summed E-state index contributed by atoms with van der Waals surface area (Å²) in [6.45, 7) is 2.81. The van der Waals surface area contributed by atoms with Crippen LogP contribution in [0.5, 0.6) is 0 Å². The second-order valence-electron chi connectivity index (χ2n) is 5.12. The topological polar surface area (TPSA) is 22.0 Å². The summed E-state index contributed by atoms with van der Waals surface area (Å²) in [7, 11) is 0. The lowest BCUT2D eigenvalue weighted by molar-refractivity contribution is 0.0891. The summed E-state index contributed by atoms with van der Waals surface area (Å²) in [5.74, 6) is 5.88. The Balaban J connectivity index is 1.91. The highest BCUT2D eigenvalue weighted by molar-refractivity contribution is 5.97. The first kappa shape index (κ1) is 12.7. The maximum atomic E-state index is 13.1. The number of ketones is 1. The number of carbonyl (C=O) groups is 1. The molecule has 1 atom stereocenters. The Kier molecular flexibility index (Phi) is 3.15. The van der Waals surface area contributed by atoms with Crippen LogP contribution < -0.4 is 0 Å². The number of benzene rings is 1. The predicted octanol–water partition coefficient (Wildman–Crippen LogP) is 3.25. The van der Waals surface area contributed by atoms with Crippen molar-refractivity contribution in [1.82, 2.24) is 4.57 Å². The third-order valence-corrected chi connectivity index (χ3v) is 3.58. The first-order valence-electron chi connectivity index (χ1n) is 6.65. The molecule has 3 heteroatoms. The van der Waals surface area contributed by atoms with Crippen LogP contribution in [0.15, 0.2) is 36.5 Å². The maximum absolute atomic E-state index is 13.1. The lowest BCUT2D eigenvalue weighted by Gasteiger charge is -2.19. The maximum Gasteiger partial charge on any atom is 0.182 e. The van der Waals surface area contributed by atoms with Gasteiger partial charge in [-0.25, -0.2) is 4.39 Å². The molecule has 0 saturated heterocycles. The van der Waals surface area contributed by atoms with Crippen molar-refractivity contribution in [3.63, 3.8) is 0 Å². The summed E-state index contributed by atoms with van der Waals surface area (Å²) < 4.78 is 15.0. The van der Waals surface area contributed by atoms with Gasteiger partial charge in [0, 0.05) is 29.8 Å². The number of aromatic nitrogens is 1. The Morgan fingerprint density at radius 1 is 1.25 bits per heavy atom. The minimum atomic E-state index is -0.294. The molecule has 1 aliphatic rings. The summed E-state index contributed by atoms with van der Waals surface area (Å²) in [5.41, 5.74) is 2.16. The van der Waals surface area contributed by atoms with Crippen molar-refractivity contribution in [1.29, 1.82) is 0 Å². The molecule has 0 radical (unpaired) electrons. The minimum absolute atomic E-state index is 0.0847. The molecule has 0 fully saturated rings. The lowest BCUT2D eigenvalue weighted by Crippen LogP contribution is -2.23. The van der Waals surface area contributed by atoms with Crippen LogP contribution in [0.4, 0.5) is 4.39 Å². The fraction of sp³-hybridized carbons (Fsp3) is 0.235. The summed E-state index contributed by atoms with van der Waals surface area (Å²) in [6, 6.07) is 8.01. The molecule has 0 aliphatic carbocycles. The van der Waals surface area contributed by atoms with Crippen molar-refractivity contribution in [2.24, 2.45) is 5.92 Å². The predicted molar refractivity (Wildman–Crippen MR) is 74.9 cm³/mol. The van der Waals surface area contributed by atoms with Crippen LogP contribution in [0.1, 0.15) is 35.0 Å². The highest BCUT2D eigenvalue weighted by Gasteiger charge is 2.24. The molecule has 1 aromatic carbocycles. The molecular weight excluding hydrogens is 253 g/mol. The van der Waals surface area contributed by atoms with E-state index >= 15 is 0 Å². The average Bonchev–Trinajstić information content (AvgIpc) is 2.85. The van der Waals surface area contributed by atoms with Crippen LogP contribution in [-0.2, 0) is 6.54 Å². The molecule has 1 aromatic heterocycles. The SMILES string of the molecule is CC1CCn2cc(C#Cc3cccc(F)c3)cc2C1=O. The summed E-state index contributed by atoms with van der Waals surface area (Å²) in [6.07, 6.45) is 2.77. The Labute approximate surface area is 117 Å². The molecule has 100 valence electrons. The van der Waals surface area contributed by atoms with Gasteiger partial charge in [-0.3, -0.25) is 4.79 Å². The van der Waals surface area contributed by atoms with Gasteiger partial charge in [-0.1, -0.05) is 24.8 Å². The second-order valence-corrected chi connectivity index (χ2v) is 5.12. The monoisotopic (exact) mass is 267 g/mol. The number of rotatable bonds is 0. The molecule has 2 nitrogen and oxygen atoms in total. The molecule has 0 amide bonds. The van der Waals surface area contributed by atoms with Crippen LogP contribution in [0.2, 0.25) is 0 Å². The molecule has 1 aliphatic heterocycles. The number of nitrogens with zero attached hydrogens (tertiary/aromatic N) is 1. The van der Waals surface area contributed by atoms with E-state index in [1.807, 2.05) is 23.8 Å². The largest absolute Gasteiger partial charge is 0.344 e. The van der Waals surface area contributed by atoms with Gasteiger partial charge in [-0.15, -0.1) is 0 Å². The molecule has 2 aromatic rings. The van der Waals surface area contributed by atoms with Gasteiger partial charge >= 0.3 is 0 Å². The Hall–Kier alpha value is -2.34. The zero-order valence-electron chi connectivity index (χ0n) is 11.2. The number of Topliss-reactive ketones (excluding diaryl/α,β-unsaturated/α-hetero) is 1. The highest BCUT2D eigenvalue weighted by atomic mass is 19.1. The number of hydrogen-bond donors (Lipinski definition) is 0. The summed E-state index contributed by atoms with van der Waals surface area (Å²) in [4.78, 5) is 12.0. The van der Waals surface area contributed by atoms with E-state index in [4.69, 9.17) is 0 Å². The van der Waals surface area contributed by atoms with Crippen molar-refractivity contribution in [2.45, 2.75) is 19.9 Å². The number of aryl methyl sites for hydroxylation is 1. The minimum Gasteiger partial charge on any atom is -0.344 e. The van der Waals surface area contributed by atoms with E-state index in [1.165, 1.54) is 12.1 Å². The van der Waals surface area contributed by atoms with E-state index in [0.717, 1.165) is 24.2 Å². The quantitative estimate of drug-likeness (QED) is 0.672. The Morgan fingerprint density at radius 3 is 2.85 bits per heavy atom. The van der Waals surface area contributed by atoms with Crippen LogP contribution in [0, 0.1) is 23.6 Å². The first-order chi connectivity index (χ1) is 9.63. The van der Waals surface area contributed by atoms with Gasteiger partial charge in [0.1, 0.15) is 5.82 Å². The van der Waals surface area contributed by atoms with E-state index in [9.17, 15) is 9.18 Å². The number of halogens is 1. The molecule has 1 unspecified atom stereocenters. The average molecular weight is 267 g/mol. The van der Waals surface area contributed by atoms with Crippen LogP contribution >= 0.6 is 0 Å².